The number of aromatic hydroxyl groups is 1. The van der Waals surface area contributed by atoms with E-state index < -0.39 is 23.0 Å². The highest BCUT2D eigenvalue weighted by atomic mass is 16.4. The Bertz CT molecular complexity index is 679. The second-order valence-electron chi connectivity index (χ2n) is 4.44. The van der Waals surface area contributed by atoms with Crippen molar-refractivity contribution in [3.05, 3.63) is 57.9 Å². The van der Waals surface area contributed by atoms with Gasteiger partial charge in [0.15, 0.2) is 5.76 Å². The average Bonchev–Trinajstić information content (AvgIpc) is 2.41. The van der Waals surface area contributed by atoms with E-state index in [2.05, 4.69) is 4.98 Å². The fourth-order valence-corrected chi connectivity index (χ4v) is 2.02. The number of amides is 1. The Labute approximate surface area is 114 Å². The van der Waals surface area contributed by atoms with E-state index in [0.29, 0.717) is 11.3 Å². The maximum atomic E-state index is 11.6. The van der Waals surface area contributed by atoms with Gasteiger partial charge < -0.3 is 15.3 Å². The number of carbonyl (C=O) groups excluding carboxylic acids is 1. The van der Waals surface area contributed by atoms with Crippen molar-refractivity contribution < 1.29 is 14.3 Å². The molecule has 20 heavy (non-hydrogen) atoms. The summed E-state index contributed by atoms with van der Waals surface area (Å²) in [4.78, 5) is 26.8. The molecule has 0 aromatic carbocycles. The number of hydrogen-bond acceptors (Lipinski definition) is 5. The summed E-state index contributed by atoms with van der Waals surface area (Å²) in [5.41, 5.74) is 5.37. The highest BCUT2D eigenvalue weighted by molar-refractivity contribution is 5.75. The van der Waals surface area contributed by atoms with E-state index in [1.165, 1.54) is 6.07 Å². The van der Waals surface area contributed by atoms with Gasteiger partial charge >= 0.3 is 0 Å². The van der Waals surface area contributed by atoms with Gasteiger partial charge in [-0.3, -0.25) is 14.6 Å². The molecule has 0 radical (unpaired) electrons. The molecule has 6 nitrogen and oxygen atoms in total. The number of aryl methyl sites for hydroxylation is 1. The molecule has 0 aliphatic rings. The Balaban J connectivity index is 2.58. The van der Waals surface area contributed by atoms with Gasteiger partial charge in [0.05, 0.1) is 5.92 Å². The second kappa shape index (κ2) is 5.56. The predicted octanol–water partition coefficient (Wildman–Crippen LogP) is 1.06. The van der Waals surface area contributed by atoms with Gasteiger partial charge in [0.1, 0.15) is 5.76 Å². The minimum atomic E-state index is -0.622. The maximum absolute atomic E-state index is 11.6. The molecule has 2 rings (SSSR count). The summed E-state index contributed by atoms with van der Waals surface area (Å²) in [6, 6.07) is 4.54. The Morgan fingerprint density at radius 1 is 1.45 bits per heavy atom. The van der Waals surface area contributed by atoms with Crippen LogP contribution in [0.5, 0.6) is 5.75 Å². The van der Waals surface area contributed by atoms with Crippen LogP contribution in [0.4, 0.5) is 0 Å². The molecule has 6 heteroatoms. The summed E-state index contributed by atoms with van der Waals surface area (Å²) in [7, 11) is 0. The first-order valence-corrected chi connectivity index (χ1v) is 6.01. The van der Waals surface area contributed by atoms with Crippen molar-refractivity contribution in [1.82, 2.24) is 4.98 Å². The number of aromatic nitrogens is 1. The van der Waals surface area contributed by atoms with Crippen molar-refractivity contribution in [3.8, 4) is 5.75 Å². The number of hydrogen-bond donors (Lipinski definition) is 2. The molecule has 1 amide bonds. The van der Waals surface area contributed by atoms with E-state index in [9.17, 15) is 14.7 Å². The molecule has 0 saturated heterocycles. The van der Waals surface area contributed by atoms with Crippen molar-refractivity contribution in [2.45, 2.75) is 19.3 Å². The van der Waals surface area contributed by atoms with Gasteiger partial charge in [-0.15, -0.1) is 0 Å². The number of nitrogens with two attached hydrogens (primary N) is 1. The predicted molar refractivity (Wildman–Crippen MR) is 71.3 cm³/mol. The van der Waals surface area contributed by atoms with Gasteiger partial charge in [0.25, 0.3) is 0 Å². The summed E-state index contributed by atoms with van der Waals surface area (Å²) in [5, 5.41) is 9.89. The lowest BCUT2D eigenvalue weighted by molar-refractivity contribution is -0.118. The zero-order chi connectivity index (χ0) is 14.7. The van der Waals surface area contributed by atoms with E-state index in [1.54, 1.807) is 31.5 Å². The Hall–Kier alpha value is -2.63. The summed E-state index contributed by atoms with van der Waals surface area (Å²) >= 11 is 0. The molecule has 2 heterocycles. The smallest absolute Gasteiger partial charge is 0.227 e. The molecule has 1 atom stereocenters. The highest BCUT2D eigenvalue weighted by Crippen LogP contribution is 2.32. The van der Waals surface area contributed by atoms with E-state index in [-0.39, 0.29) is 12.2 Å². The van der Waals surface area contributed by atoms with E-state index in [0.717, 1.165) is 0 Å². The summed E-state index contributed by atoms with van der Waals surface area (Å²) < 4.78 is 5.43. The largest absolute Gasteiger partial charge is 0.502 e. The second-order valence-corrected chi connectivity index (χ2v) is 4.44. The van der Waals surface area contributed by atoms with Crippen molar-refractivity contribution in [2.75, 3.05) is 0 Å². The van der Waals surface area contributed by atoms with Gasteiger partial charge in [-0.1, -0.05) is 0 Å². The monoisotopic (exact) mass is 274 g/mol. The van der Waals surface area contributed by atoms with E-state index in [4.69, 9.17) is 10.2 Å². The van der Waals surface area contributed by atoms with Gasteiger partial charge in [-0.2, -0.15) is 0 Å². The fourth-order valence-electron chi connectivity index (χ4n) is 2.02. The van der Waals surface area contributed by atoms with Crippen LogP contribution < -0.4 is 11.2 Å². The Kier molecular flexibility index (Phi) is 3.84. The fraction of sp³-hybridized carbons (Fsp3) is 0.214. The Morgan fingerprint density at radius 3 is 2.70 bits per heavy atom. The number of nitrogens with zero attached hydrogens (tertiary/aromatic N) is 1. The zero-order valence-electron chi connectivity index (χ0n) is 10.9. The maximum Gasteiger partial charge on any atom is 0.227 e. The molecule has 0 spiro atoms. The van der Waals surface area contributed by atoms with E-state index in [1.807, 2.05) is 0 Å². The van der Waals surface area contributed by atoms with Crippen molar-refractivity contribution in [2.24, 2.45) is 5.73 Å². The highest BCUT2D eigenvalue weighted by Gasteiger charge is 2.24. The molecule has 0 unspecified atom stereocenters. The molecule has 0 bridgehead atoms. The van der Waals surface area contributed by atoms with Gasteiger partial charge in [0.2, 0.25) is 17.1 Å². The number of carbonyl (C=O) groups is 1. The molecule has 2 aromatic heterocycles. The number of primary amides is 1. The van der Waals surface area contributed by atoms with Crippen LogP contribution in [0.1, 0.15) is 29.4 Å². The summed E-state index contributed by atoms with van der Waals surface area (Å²) in [6.07, 6.45) is 3.02. The Morgan fingerprint density at radius 2 is 2.10 bits per heavy atom. The molecule has 104 valence electrons. The zero-order valence-corrected chi connectivity index (χ0v) is 10.9. The molecule has 2 aromatic rings. The summed E-state index contributed by atoms with van der Waals surface area (Å²) in [6.45, 7) is 1.60. The quantitative estimate of drug-likeness (QED) is 0.866. The normalized spacial score (nSPS) is 12.1. The minimum Gasteiger partial charge on any atom is -0.502 e. The molecule has 0 aliphatic heterocycles. The van der Waals surface area contributed by atoms with Gasteiger partial charge in [0, 0.05) is 24.9 Å². The third kappa shape index (κ3) is 2.85. The minimum absolute atomic E-state index is 0.0417. The van der Waals surface area contributed by atoms with Crippen LogP contribution in [-0.2, 0) is 4.79 Å². The van der Waals surface area contributed by atoms with E-state index >= 15 is 0 Å². The molecule has 0 fully saturated rings. The van der Waals surface area contributed by atoms with Crippen LogP contribution in [0, 0.1) is 6.92 Å². The molecular formula is C14H14N2O4. The van der Waals surface area contributed by atoms with Crippen molar-refractivity contribution >= 4 is 5.91 Å². The van der Waals surface area contributed by atoms with Gasteiger partial charge in [-0.25, -0.2) is 0 Å². The molecule has 0 aliphatic carbocycles. The molecular weight excluding hydrogens is 260 g/mol. The first-order valence-electron chi connectivity index (χ1n) is 6.01. The molecule has 0 saturated carbocycles. The van der Waals surface area contributed by atoms with Gasteiger partial charge in [-0.05, 0) is 24.6 Å². The number of rotatable bonds is 4. The van der Waals surface area contributed by atoms with Crippen LogP contribution in [0.15, 0.2) is 39.8 Å². The average molecular weight is 274 g/mol. The molecule has 3 N–H and O–H groups in total. The van der Waals surface area contributed by atoms with Crippen LogP contribution in [0.3, 0.4) is 0 Å². The third-order valence-electron chi connectivity index (χ3n) is 2.90. The SMILES string of the molecule is Cc1cc(=O)c(O)c([C@H](CC(N)=O)c2ccncc2)o1. The van der Waals surface area contributed by atoms with Crippen LogP contribution >= 0.6 is 0 Å². The third-order valence-corrected chi connectivity index (χ3v) is 2.90. The first kappa shape index (κ1) is 13.8. The van der Waals surface area contributed by atoms with Crippen molar-refractivity contribution in [1.29, 1.82) is 0 Å². The van der Waals surface area contributed by atoms with Crippen LogP contribution in [-0.4, -0.2) is 16.0 Å². The lowest BCUT2D eigenvalue weighted by Crippen LogP contribution is -2.17. The van der Waals surface area contributed by atoms with Crippen LogP contribution in [0.25, 0.3) is 0 Å². The van der Waals surface area contributed by atoms with Crippen molar-refractivity contribution in [3.63, 3.8) is 0 Å². The summed E-state index contributed by atoms with van der Waals surface area (Å²) in [5.74, 6) is -1.29. The first-order chi connectivity index (χ1) is 9.49. The lowest BCUT2D eigenvalue weighted by atomic mass is 9.93. The topological polar surface area (TPSA) is 106 Å². The van der Waals surface area contributed by atoms with Crippen LogP contribution in [0.2, 0.25) is 0 Å². The lowest BCUT2D eigenvalue weighted by Gasteiger charge is -2.16. The number of pyridine rings is 1. The standard InChI is InChI=1S/C14H14N2O4/c1-8-6-11(17)13(19)14(20-8)10(7-12(15)18)9-2-4-16-5-3-9/h2-6,10,19H,7H2,1H3,(H2,15,18)/t10-/m1/s1.